The molecule has 3 aromatic carbocycles. The average molecular weight is 867 g/mol. The summed E-state index contributed by atoms with van der Waals surface area (Å²) >= 11 is 12.0. The highest BCUT2D eigenvalue weighted by atomic mass is 32.2. The van der Waals surface area contributed by atoms with Gasteiger partial charge in [-0.3, -0.25) is 0 Å². The fraction of sp³-hybridized carbons (Fsp3) is 0.533. The van der Waals surface area contributed by atoms with Crippen LogP contribution in [0.2, 0.25) is 0 Å². The Kier molecular flexibility index (Phi) is 23.5. The van der Waals surface area contributed by atoms with E-state index in [-0.39, 0.29) is 0 Å². The van der Waals surface area contributed by atoms with E-state index in [0.717, 1.165) is 51.5 Å². The van der Waals surface area contributed by atoms with Crippen LogP contribution in [0, 0.1) is 6.07 Å². The minimum Gasteiger partial charge on any atom is -0.324 e. The van der Waals surface area contributed by atoms with Gasteiger partial charge in [-0.2, -0.15) is 15.0 Å². The molecule has 0 bridgehead atoms. The van der Waals surface area contributed by atoms with Crippen LogP contribution in [0.15, 0.2) is 77.9 Å². The van der Waals surface area contributed by atoms with E-state index in [0.29, 0.717) is 17.7 Å². The molecule has 0 fully saturated rings. The first-order valence-electron chi connectivity index (χ1n) is 20.9. The summed E-state index contributed by atoms with van der Waals surface area (Å²) < 4.78 is 0. The van der Waals surface area contributed by atoms with Gasteiger partial charge >= 0.3 is 0 Å². The second-order valence-electron chi connectivity index (χ2n) is 13.7. The van der Waals surface area contributed by atoms with Crippen LogP contribution in [-0.4, -0.2) is 49.5 Å². The van der Waals surface area contributed by atoms with Crippen LogP contribution in [0.25, 0.3) is 11.4 Å². The molecule has 305 valence electrons. The predicted molar refractivity (Wildman–Crippen MR) is 257 cm³/mol. The number of benzene rings is 3. The molecular formula is C45H64N5S6. The second kappa shape index (κ2) is 27.9. The lowest BCUT2D eigenvalue weighted by atomic mass is 10.2. The largest absolute Gasteiger partial charge is 0.324 e. The van der Waals surface area contributed by atoms with E-state index in [2.05, 4.69) is 82.5 Å². The number of hydrogen-bond acceptors (Lipinski definition) is 11. The Labute approximate surface area is 365 Å². The Hall–Kier alpha value is -1.63. The molecule has 0 aliphatic rings. The van der Waals surface area contributed by atoms with E-state index in [1.165, 1.54) is 106 Å². The quantitative estimate of drug-likeness (QED) is 0.0405. The summed E-state index contributed by atoms with van der Waals surface area (Å²) in [5.74, 6) is 8.43. The van der Waals surface area contributed by atoms with Crippen molar-refractivity contribution < 1.29 is 0 Å². The van der Waals surface area contributed by atoms with Crippen molar-refractivity contribution >= 4 is 93.8 Å². The Balaban J connectivity index is 1.78. The SMILES string of the molecule is CCCCSc1cc(Nc2nc(Nc3cc(SCCCC)c(SCCCC)c(SCCCC)c3)nc(-c3cc[c]cc3)n2)cc(SCCCC)c1SCCCC. The van der Waals surface area contributed by atoms with Gasteiger partial charge in [0.15, 0.2) is 5.82 Å². The number of rotatable bonds is 29. The normalized spacial score (nSPS) is 11.3. The van der Waals surface area contributed by atoms with Crippen LogP contribution < -0.4 is 10.6 Å². The highest BCUT2D eigenvalue weighted by molar-refractivity contribution is 8.04. The number of hydrogen-bond donors (Lipinski definition) is 2. The molecule has 5 nitrogen and oxygen atoms in total. The van der Waals surface area contributed by atoms with Crippen molar-refractivity contribution in [1.29, 1.82) is 0 Å². The summed E-state index contributed by atoms with van der Waals surface area (Å²) in [5.41, 5.74) is 2.97. The molecule has 2 N–H and O–H groups in total. The van der Waals surface area contributed by atoms with Gasteiger partial charge < -0.3 is 10.6 Å². The van der Waals surface area contributed by atoms with Crippen LogP contribution in [0.4, 0.5) is 23.3 Å². The Morgan fingerprint density at radius 2 is 0.768 bits per heavy atom. The van der Waals surface area contributed by atoms with Gasteiger partial charge in [-0.05, 0) is 103 Å². The van der Waals surface area contributed by atoms with Crippen molar-refractivity contribution in [2.24, 2.45) is 0 Å². The number of unbranched alkanes of at least 4 members (excludes halogenated alkanes) is 6. The molecule has 1 heterocycles. The van der Waals surface area contributed by atoms with E-state index >= 15 is 0 Å². The van der Waals surface area contributed by atoms with Gasteiger partial charge in [0, 0.05) is 46.3 Å². The monoisotopic (exact) mass is 866 g/mol. The van der Waals surface area contributed by atoms with Crippen LogP contribution in [0.1, 0.15) is 119 Å². The summed E-state index contributed by atoms with van der Waals surface area (Å²) in [4.78, 5) is 23.3. The number of aromatic nitrogens is 3. The maximum absolute atomic E-state index is 5.05. The third kappa shape index (κ3) is 16.2. The number of nitrogens with zero attached hydrogens (tertiary/aromatic N) is 3. The minimum atomic E-state index is 0.535. The van der Waals surface area contributed by atoms with E-state index in [1.54, 1.807) is 0 Å². The first-order valence-corrected chi connectivity index (χ1v) is 26.8. The highest BCUT2D eigenvalue weighted by Gasteiger charge is 2.18. The zero-order valence-electron chi connectivity index (χ0n) is 34.6. The molecule has 0 unspecified atom stereocenters. The van der Waals surface area contributed by atoms with Crippen LogP contribution in [0.5, 0.6) is 0 Å². The van der Waals surface area contributed by atoms with Crippen molar-refractivity contribution in [3.8, 4) is 11.4 Å². The van der Waals surface area contributed by atoms with Crippen LogP contribution in [0.3, 0.4) is 0 Å². The Morgan fingerprint density at radius 3 is 1.09 bits per heavy atom. The molecule has 0 spiro atoms. The summed E-state index contributed by atoms with van der Waals surface area (Å²) in [6, 6.07) is 20.3. The van der Waals surface area contributed by atoms with E-state index < -0.39 is 0 Å². The molecule has 0 aliphatic heterocycles. The molecule has 4 rings (SSSR count). The molecule has 0 amide bonds. The zero-order chi connectivity index (χ0) is 39.8. The van der Waals surface area contributed by atoms with E-state index in [1.807, 2.05) is 94.8 Å². The molecule has 11 heteroatoms. The average Bonchev–Trinajstić information content (AvgIpc) is 3.20. The fourth-order valence-electron chi connectivity index (χ4n) is 5.37. The molecule has 0 aliphatic carbocycles. The Morgan fingerprint density at radius 1 is 0.446 bits per heavy atom. The second-order valence-corrected chi connectivity index (χ2v) is 20.4. The van der Waals surface area contributed by atoms with Crippen molar-refractivity contribution in [3.05, 3.63) is 54.6 Å². The maximum atomic E-state index is 5.05. The lowest BCUT2D eigenvalue weighted by Gasteiger charge is -2.18. The third-order valence-electron chi connectivity index (χ3n) is 8.68. The van der Waals surface area contributed by atoms with Gasteiger partial charge in [0.2, 0.25) is 11.9 Å². The van der Waals surface area contributed by atoms with Crippen molar-refractivity contribution in [2.45, 2.75) is 148 Å². The smallest absolute Gasteiger partial charge is 0.232 e. The summed E-state index contributed by atoms with van der Waals surface area (Å²) in [5, 5.41) is 7.34. The third-order valence-corrected chi connectivity index (χ3v) is 16.1. The highest BCUT2D eigenvalue weighted by Crippen LogP contribution is 2.44. The minimum absolute atomic E-state index is 0.535. The number of thioether (sulfide) groups is 6. The predicted octanol–water partition coefficient (Wildman–Crippen LogP) is 16.2. The summed E-state index contributed by atoms with van der Waals surface area (Å²) in [6.45, 7) is 13.7. The molecule has 1 aromatic heterocycles. The molecule has 0 atom stereocenters. The molecular weight excluding hydrogens is 803 g/mol. The lowest BCUT2D eigenvalue weighted by molar-refractivity contribution is 0.889. The maximum Gasteiger partial charge on any atom is 0.232 e. The standard InChI is InChI=1S/C45H64N5S6/c1-7-13-24-51-37-30-35(31-38(52-25-14-8-2)41(37)55-28-17-11-5)46-44-48-43(34-22-20-19-21-23-34)49-45(50-44)47-36-32-39(53-26-15-9-3)42(56-29-18-12-6)40(33-36)54-27-16-10-4/h20-23,30-33H,7-18,24-29H2,1-6H3,(H2,46,47,48,49,50). The van der Waals surface area contributed by atoms with Crippen molar-refractivity contribution in [1.82, 2.24) is 15.0 Å². The van der Waals surface area contributed by atoms with E-state index in [9.17, 15) is 0 Å². The molecule has 1 radical (unpaired) electrons. The first kappa shape index (κ1) is 47.1. The van der Waals surface area contributed by atoms with E-state index in [4.69, 9.17) is 15.0 Å². The van der Waals surface area contributed by atoms with Crippen molar-refractivity contribution in [3.63, 3.8) is 0 Å². The fourth-order valence-corrected chi connectivity index (χ4v) is 13.4. The van der Waals surface area contributed by atoms with Gasteiger partial charge in [0.25, 0.3) is 0 Å². The molecule has 0 saturated carbocycles. The van der Waals surface area contributed by atoms with Crippen LogP contribution >= 0.6 is 70.6 Å². The zero-order valence-corrected chi connectivity index (χ0v) is 39.5. The van der Waals surface area contributed by atoms with Gasteiger partial charge in [-0.15, -0.1) is 70.6 Å². The van der Waals surface area contributed by atoms with Gasteiger partial charge in [-0.25, -0.2) is 0 Å². The van der Waals surface area contributed by atoms with Gasteiger partial charge in [0.05, 0.1) is 0 Å². The van der Waals surface area contributed by atoms with Gasteiger partial charge in [0.1, 0.15) is 0 Å². The number of nitrogens with one attached hydrogen (secondary N) is 2. The Bertz CT molecular complexity index is 1540. The summed E-state index contributed by atoms with van der Waals surface area (Å²) in [7, 11) is 0. The summed E-state index contributed by atoms with van der Waals surface area (Å²) in [6.07, 6.45) is 14.5. The van der Waals surface area contributed by atoms with Gasteiger partial charge in [-0.1, -0.05) is 104 Å². The molecule has 4 aromatic rings. The first-order chi connectivity index (χ1) is 27.5. The topological polar surface area (TPSA) is 62.7 Å². The lowest BCUT2D eigenvalue weighted by Crippen LogP contribution is -2.06. The number of anilines is 4. The van der Waals surface area contributed by atoms with Crippen molar-refractivity contribution in [2.75, 3.05) is 45.2 Å². The molecule has 0 saturated heterocycles. The van der Waals surface area contributed by atoms with Crippen LogP contribution in [-0.2, 0) is 0 Å². The molecule has 56 heavy (non-hydrogen) atoms.